The lowest BCUT2D eigenvalue weighted by molar-refractivity contribution is -0.151. The summed E-state index contributed by atoms with van der Waals surface area (Å²) < 4.78 is 5.24. The van der Waals surface area contributed by atoms with Gasteiger partial charge in [0, 0.05) is 12.1 Å². The van der Waals surface area contributed by atoms with Gasteiger partial charge in [0.25, 0.3) is 0 Å². The third-order valence-corrected chi connectivity index (χ3v) is 3.98. The summed E-state index contributed by atoms with van der Waals surface area (Å²) in [5.74, 6) is -0.136. The van der Waals surface area contributed by atoms with Crippen molar-refractivity contribution in [1.82, 2.24) is 10.2 Å². The van der Waals surface area contributed by atoms with E-state index < -0.39 is 5.54 Å². The molecule has 21 heavy (non-hydrogen) atoms. The molecule has 0 aliphatic heterocycles. The van der Waals surface area contributed by atoms with E-state index in [-0.39, 0.29) is 12.0 Å². The van der Waals surface area contributed by atoms with Crippen molar-refractivity contribution in [3.05, 3.63) is 0 Å². The van der Waals surface area contributed by atoms with Crippen LogP contribution in [0.3, 0.4) is 0 Å². The molecule has 0 saturated carbocycles. The first-order valence-electron chi connectivity index (χ1n) is 8.42. The fourth-order valence-electron chi connectivity index (χ4n) is 2.70. The molecule has 4 nitrogen and oxygen atoms in total. The first kappa shape index (κ1) is 20.4. The Morgan fingerprint density at radius 2 is 1.90 bits per heavy atom. The van der Waals surface area contributed by atoms with Gasteiger partial charge in [-0.05, 0) is 67.5 Å². The average Bonchev–Trinajstić information content (AvgIpc) is 2.38. The summed E-state index contributed by atoms with van der Waals surface area (Å²) in [6.45, 7) is 13.9. The van der Waals surface area contributed by atoms with E-state index in [4.69, 9.17) is 4.74 Å². The third kappa shape index (κ3) is 7.82. The molecular weight excluding hydrogens is 264 g/mol. The van der Waals surface area contributed by atoms with Crippen molar-refractivity contribution < 1.29 is 9.53 Å². The predicted octanol–water partition coefficient (Wildman–Crippen LogP) is 3.21. The molecule has 0 saturated heterocycles. The Morgan fingerprint density at radius 1 is 1.29 bits per heavy atom. The van der Waals surface area contributed by atoms with Gasteiger partial charge in [0.1, 0.15) is 5.54 Å². The lowest BCUT2D eigenvalue weighted by atomic mass is 9.94. The Balaban J connectivity index is 4.45. The van der Waals surface area contributed by atoms with Crippen molar-refractivity contribution in [1.29, 1.82) is 0 Å². The van der Waals surface area contributed by atoms with Crippen molar-refractivity contribution in [2.24, 2.45) is 0 Å². The highest BCUT2D eigenvalue weighted by atomic mass is 16.5. The molecule has 4 heteroatoms. The van der Waals surface area contributed by atoms with Crippen LogP contribution in [0.5, 0.6) is 0 Å². The van der Waals surface area contributed by atoms with Gasteiger partial charge in [0.05, 0.1) is 6.61 Å². The summed E-state index contributed by atoms with van der Waals surface area (Å²) in [4.78, 5) is 14.6. The lowest BCUT2D eigenvalue weighted by Gasteiger charge is -2.32. The van der Waals surface area contributed by atoms with Crippen LogP contribution in [0.2, 0.25) is 0 Å². The van der Waals surface area contributed by atoms with Gasteiger partial charge in [0.15, 0.2) is 0 Å². The van der Waals surface area contributed by atoms with Gasteiger partial charge in [-0.2, -0.15) is 0 Å². The zero-order valence-electron chi connectivity index (χ0n) is 15.2. The van der Waals surface area contributed by atoms with E-state index in [1.54, 1.807) is 0 Å². The van der Waals surface area contributed by atoms with E-state index in [1.165, 1.54) is 12.8 Å². The second-order valence-electron chi connectivity index (χ2n) is 6.57. The lowest BCUT2D eigenvalue weighted by Crippen LogP contribution is -2.53. The number of hydrogen-bond donors (Lipinski definition) is 1. The van der Waals surface area contributed by atoms with E-state index in [9.17, 15) is 4.79 Å². The number of esters is 1. The zero-order chi connectivity index (χ0) is 16.5. The average molecular weight is 300 g/mol. The highest BCUT2D eigenvalue weighted by molar-refractivity contribution is 5.80. The molecule has 1 N–H and O–H groups in total. The van der Waals surface area contributed by atoms with E-state index in [1.807, 2.05) is 13.8 Å². The summed E-state index contributed by atoms with van der Waals surface area (Å²) in [7, 11) is 2.16. The maximum absolute atomic E-state index is 12.2. The van der Waals surface area contributed by atoms with Crippen LogP contribution in [0.4, 0.5) is 0 Å². The topological polar surface area (TPSA) is 41.6 Å². The van der Waals surface area contributed by atoms with Gasteiger partial charge in [-0.25, -0.2) is 0 Å². The molecule has 0 aromatic rings. The number of ether oxygens (including phenoxy) is 1. The Hall–Kier alpha value is -0.610. The van der Waals surface area contributed by atoms with Crippen molar-refractivity contribution >= 4 is 5.97 Å². The Labute approximate surface area is 131 Å². The molecule has 0 spiro atoms. The van der Waals surface area contributed by atoms with Gasteiger partial charge >= 0.3 is 5.97 Å². The number of nitrogens with one attached hydrogen (secondary N) is 1. The maximum atomic E-state index is 12.2. The number of carbonyl (C=O) groups excluding carboxylic acids is 1. The van der Waals surface area contributed by atoms with Gasteiger partial charge in [-0.3, -0.25) is 10.1 Å². The molecule has 0 aromatic heterocycles. The van der Waals surface area contributed by atoms with Crippen LogP contribution in [0.15, 0.2) is 0 Å². The fourth-order valence-corrected chi connectivity index (χ4v) is 2.70. The molecule has 0 amide bonds. The van der Waals surface area contributed by atoms with Crippen molar-refractivity contribution in [2.45, 2.75) is 84.8 Å². The monoisotopic (exact) mass is 300 g/mol. The number of carbonyl (C=O) groups is 1. The van der Waals surface area contributed by atoms with E-state index in [2.05, 4.69) is 45.0 Å². The minimum absolute atomic E-state index is 0.136. The summed E-state index contributed by atoms with van der Waals surface area (Å²) in [5.41, 5.74) is -0.584. The van der Waals surface area contributed by atoms with Crippen LogP contribution in [-0.2, 0) is 9.53 Å². The molecule has 0 fully saturated rings. The minimum atomic E-state index is -0.584. The highest BCUT2D eigenvalue weighted by Gasteiger charge is 2.34. The molecule has 0 bridgehead atoms. The van der Waals surface area contributed by atoms with E-state index >= 15 is 0 Å². The van der Waals surface area contributed by atoms with Crippen LogP contribution in [0, 0.1) is 0 Å². The predicted molar refractivity (Wildman–Crippen MR) is 89.5 cm³/mol. The van der Waals surface area contributed by atoms with Crippen LogP contribution in [-0.4, -0.2) is 48.7 Å². The molecule has 0 rings (SSSR count). The fraction of sp³-hybridized carbons (Fsp3) is 0.941. The molecule has 0 aliphatic carbocycles. The SMILES string of the molecule is CCCC(C)N(C)CCCC(C)(NC(C)C)C(=O)OCC. The van der Waals surface area contributed by atoms with E-state index in [0.717, 1.165) is 19.4 Å². The van der Waals surface area contributed by atoms with Crippen LogP contribution < -0.4 is 5.32 Å². The standard InChI is InChI=1S/C17H36N2O2/c1-8-11-15(5)19(7)13-10-12-17(6,18-14(3)4)16(20)21-9-2/h14-15,18H,8-13H2,1-7H3. The summed E-state index contributed by atoms with van der Waals surface area (Å²) in [5, 5.41) is 3.38. The summed E-state index contributed by atoms with van der Waals surface area (Å²) >= 11 is 0. The summed E-state index contributed by atoms with van der Waals surface area (Å²) in [6, 6.07) is 0.859. The molecular formula is C17H36N2O2. The van der Waals surface area contributed by atoms with Gasteiger partial charge in [-0.1, -0.05) is 13.3 Å². The quantitative estimate of drug-likeness (QED) is 0.595. The molecule has 0 radical (unpaired) electrons. The molecule has 0 heterocycles. The van der Waals surface area contributed by atoms with E-state index in [0.29, 0.717) is 12.6 Å². The second kappa shape index (κ2) is 10.2. The summed E-state index contributed by atoms with van der Waals surface area (Å²) in [6.07, 6.45) is 4.21. The molecule has 0 aromatic carbocycles. The first-order chi connectivity index (χ1) is 9.76. The Morgan fingerprint density at radius 3 is 2.38 bits per heavy atom. The maximum Gasteiger partial charge on any atom is 0.326 e. The van der Waals surface area contributed by atoms with Crippen molar-refractivity contribution in [3.63, 3.8) is 0 Å². The number of nitrogens with zero attached hydrogens (tertiary/aromatic N) is 1. The zero-order valence-corrected chi connectivity index (χ0v) is 15.2. The molecule has 2 atom stereocenters. The second-order valence-corrected chi connectivity index (χ2v) is 6.57. The normalized spacial score (nSPS) is 16.0. The van der Waals surface area contributed by atoms with Crippen molar-refractivity contribution in [3.8, 4) is 0 Å². The van der Waals surface area contributed by atoms with Gasteiger partial charge in [-0.15, -0.1) is 0 Å². The smallest absolute Gasteiger partial charge is 0.326 e. The van der Waals surface area contributed by atoms with Gasteiger partial charge in [0.2, 0.25) is 0 Å². The van der Waals surface area contributed by atoms with Crippen molar-refractivity contribution in [2.75, 3.05) is 20.2 Å². The Kier molecular flexibility index (Phi) is 9.88. The highest BCUT2D eigenvalue weighted by Crippen LogP contribution is 2.17. The molecule has 2 unspecified atom stereocenters. The number of rotatable bonds is 11. The van der Waals surface area contributed by atoms with Crippen LogP contribution in [0.1, 0.15) is 67.2 Å². The molecule has 0 aliphatic rings. The van der Waals surface area contributed by atoms with Gasteiger partial charge < -0.3 is 9.64 Å². The Bertz CT molecular complexity index is 295. The largest absolute Gasteiger partial charge is 0.465 e. The minimum Gasteiger partial charge on any atom is -0.465 e. The third-order valence-electron chi connectivity index (χ3n) is 3.98. The number of hydrogen-bond acceptors (Lipinski definition) is 4. The van der Waals surface area contributed by atoms with Crippen LogP contribution >= 0.6 is 0 Å². The van der Waals surface area contributed by atoms with Crippen LogP contribution in [0.25, 0.3) is 0 Å². The first-order valence-corrected chi connectivity index (χ1v) is 8.42. The molecule has 126 valence electrons.